The maximum absolute atomic E-state index is 5.69. The second-order valence-corrected chi connectivity index (χ2v) is 6.45. The maximum atomic E-state index is 5.69. The van der Waals surface area contributed by atoms with Gasteiger partial charge in [-0.1, -0.05) is 51.1 Å². The van der Waals surface area contributed by atoms with Crippen LogP contribution in [-0.4, -0.2) is 18.1 Å². The van der Waals surface area contributed by atoms with Gasteiger partial charge >= 0.3 is 0 Å². The molecule has 0 saturated heterocycles. The van der Waals surface area contributed by atoms with Crippen LogP contribution >= 0.6 is 11.3 Å². The van der Waals surface area contributed by atoms with Gasteiger partial charge in [-0.15, -0.1) is 11.3 Å². The summed E-state index contributed by atoms with van der Waals surface area (Å²) in [4.78, 5) is 6.13. The van der Waals surface area contributed by atoms with E-state index in [9.17, 15) is 0 Å². The summed E-state index contributed by atoms with van der Waals surface area (Å²) in [5, 5.41) is 4.52. The highest BCUT2D eigenvalue weighted by Gasteiger charge is 2.19. The molecule has 114 valence electrons. The van der Waals surface area contributed by atoms with Crippen molar-refractivity contribution < 1.29 is 4.74 Å². The monoisotopic (exact) mass is 304 g/mol. The van der Waals surface area contributed by atoms with Crippen molar-refractivity contribution in [1.29, 1.82) is 0 Å². The second-order valence-electron chi connectivity index (χ2n) is 5.34. The van der Waals surface area contributed by atoms with Crippen LogP contribution in [-0.2, 0) is 17.7 Å². The van der Waals surface area contributed by atoms with Gasteiger partial charge in [-0.3, -0.25) is 0 Å². The zero-order chi connectivity index (χ0) is 15.2. The van der Waals surface area contributed by atoms with Crippen molar-refractivity contribution in [3.8, 4) is 0 Å². The summed E-state index contributed by atoms with van der Waals surface area (Å²) in [6.45, 7) is 7.36. The molecule has 0 radical (unpaired) electrons. The SMILES string of the molecule is CCc1nc(C(OC)c2ccccc2)sc1CNC(C)C. The van der Waals surface area contributed by atoms with Crippen LogP contribution in [0.2, 0.25) is 0 Å². The van der Waals surface area contributed by atoms with E-state index in [0.717, 1.165) is 23.5 Å². The van der Waals surface area contributed by atoms with E-state index in [-0.39, 0.29) is 6.10 Å². The van der Waals surface area contributed by atoms with Crippen molar-refractivity contribution in [3.05, 3.63) is 51.5 Å². The Balaban J connectivity index is 2.26. The highest BCUT2D eigenvalue weighted by atomic mass is 32.1. The first-order chi connectivity index (χ1) is 10.2. The minimum atomic E-state index is -0.0747. The largest absolute Gasteiger partial charge is 0.370 e. The maximum Gasteiger partial charge on any atom is 0.134 e. The Morgan fingerprint density at radius 3 is 2.52 bits per heavy atom. The molecule has 3 nitrogen and oxygen atoms in total. The lowest BCUT2D eigenvalue weighted by atomic mass is 10.1. The van der Waals surface area contributed by atoms with Crippen LogP contribution in [0, 0.1) is 0 Å². The summed E-state index contributed by atoms with van der Waals surface area (Å²) in [6.07, 6.45) is 0.880. The van der Waals surface area contributed by atoms with E-state index in [0.29, 0.717) is 6.04 Å². The molecule has 1 N–H and O–H groups in total. The molecule has 0 amide bonds. The van der Waals surface area contributed by atoms with E-state index >= 15 is 0 Å². The summed E-state index contributed by atoms with van der Waals surface area (Å²) in [6, 6.07) is 10.8. The highest BCUT2D eigenvalue weighted by molar-refractivity contribution is 7.11. The Labute approximate surface area is 131 Å². The number of ether oxygens (including phenoxy) is 1. The molecule has 1 aromatic carbocycles. The van der Waals surface area contributed by atoms with Crippen LogP contribution < -0.4 is 5.32 Å². The van der Waals surface area contributed by atoms with Crippen molar-refractivity contribution in [2.45, 2.75) is 45.9 Å². The van der Waals surface area contributed by atoms with Crippen LogP contribution in [0.3, 0.4) is 0 Å². The van der Waals surface area contributed by atoms with Crippen LogP contribution in [0.5, 0.6) is 0 Å². The fourth-order valence-electron chi connectivity index (χ4n) is 2.23. The van der Waals surface area contributed by atoms with E-state index in [1.165, 1.54) is 10.6 Å². The Hall–Kier alpha value is -1.23. The number of rotatable bonds is 7. The minimum Gasteiger partial charge on any atom is -0.370 e. The van der Waals surface area contributed by atoms with Gasteiger partial charge in [0.2, 0.25) is 0 Å². The lowest BCUT2D eigenvalue weighted by Gasteiger charge is -2.12. The number of nitrogens with one attached hydrogen (secondary N) is 1. The summed E-state index contributed by atoms with van der Waals surface area (Å²) < 4.78 is 5.69. The summed E-state index contributed by atoms with van der Waals surface area (Å²) in [5.41, 5.74) is 2.33. The van der Waals surface area contributed by atoms with E-state index < -0.39 is 0 Å². The average molecular weight is 304 g/mol. The number of hydrogen-bond acceptors (Lipinski definition) is 4. The number of aryl methyl sites for hydroxylation is 1. The molecule has 0 aliphatic carbocycles. The highest BCUT2D eigenvalue weighted by Crippen LogP contribution is 2.31. The van der Waals surface area contributed by atoms with Crippen LogP contribution in [0.4, 0.5) is 0 Å². The number of nitrogens with zero attached hydrogens (tertiary/aromatic N) is 1. The quantitative estimate of drug-likeness (QED) is 0.841. The van der Waals surface area contributed by atoms with E-state index in [2.05, 4.69) is 38.2 Å². The molecule has 0 fully saturated rings. The lowest BCUT2D eigenvalue weighted by molar-refractivity contribution is 0.136. The molecule has 0 aliphatic rings. The standard InChI is InChI=1S/C17H24N2OS/c1-5-14-15(11-18-12(2)3)21-17(19-14)16(20-4)13-9-7-6-8-10-13/h6-10,12,16,18H,5,11H2,1-4H3. The molecular formula is C17H24N2OS. The van der Waals surface area contributed by atoms with Gasteiger partial charge in [0.05, 0.1) is 5.69 Å². The first-order valence-corrected chi connectivity index (χ1v) is 8.27. The molecular weight excluding hydrogens is 280 g/mol. The Kier molecular flexibility index (Phi) is 5.91. The molecule has 4 heteroatoms. The van der Waals surface area contributed by atoms with Crippen molar-refractivity contribution in [3.63, 3.8) is 0 Å². The molecule has 1 heterocycles. The third-order valence-corrected chi connectivity index (χ3v) is 4.50. The number of aromatic nitrogens is 1. The first-order valence-electron chi connectivity index (χ1n) is 7.45. The minimum absolute atomic E-state index is 0.0747. The zero-order valence-electron chi connectivity index (χ0n) is 13.2. The smallest absolute Gasteiger partial charge is 0.134 e. The normalized spacial score (nSPS) is 12.8. The molecule has 0 bridgehead atoms. The topological polar surface area (TPSA) is 34.1 Å². The third-order valence-electron chi connectivity index (χ3n) is 3.36. The van der Waals surface area contributed by atoms with Gasteiger partial charge in [-0.2, -0.15) is 0 Å². The number of benzene rings is 1. The summed E-state index contributed by atoms with van der Waals surface area (Å²) >= 11 is 1.75. The average Bonchev–Trinajstić information content (AvgIpc) is 2.90. The van der Waals surface area contributed by atoms with Gasteiger partial charge in [-0.05, 0) is 12.0 Å². The van der Waals surface area contributed by atoms with E-state index in [4.69, 9.17) is 9.72 Å². The van der Waals surface area contributed by atoms with Crippen molar-refractivity contribution in [1.82, 2.24) is 10.3 Å². The summed E-state index contributed by atoms with van der Waals surface area (Å²) in [5.74, 6) is 0. The Morgan fingerprint density at radius 2 is 1.95 bits per heavy atom. The predicted octanol–water partition coefficient (Wildman–Crippen LogP) is 3.94. The molecule has 2 aromatic rings. The fraction of sp³-hybridized carbons (Fsp3) is 0.471. The van der Waals surface area contributed by atoms with Gasteiger partial charge < -0.3 is 10.1 Å². The number of thiazole rings is 1. The zero-order valence-corrected chi connectivity index (χ0v) is 14.0. The van der Waals surface area contributed by atoms with Gasteiger partial charge in [0.1, 0.15) is 11.1 Å². The van der Waals surface area contributed by atoms with Gasteiger partial charge in [-0.25, -0.2) is 4.98 Å². The van der Waals surface area contributed by atoms with Gasteiger partial charge in [0, 0.05) is 24.6 Å². The molecule has 2 rings (SSSR count). The molecule has 21 heavy (non-hydrogen) atoms. The Bertz CT molecular complexity index is 551. The fourth-order valence-corrected chi connectivity index (χ4v) is 3.44. The van der Waals surface area contributed by atoms with E-state index in [1.54, 1.807) is 18.4 Å². The Morgan fingerprint density at radius 1 is 1.24 bits per heavy atom. The van der Waals surface area contributed by atoms with Crippen LogP contribution in [0.25, 0.3) is 0 Å². The molecule has 1 unspecified atom stereocenters. The molecule has 0 saturated carbocycles. The van der Waals surface area contributed by atoms with Crippen LogP contribution in [0.15, 0.2) is 30.3 Å². The van der Waals surface area contributed by atoms with Crippen molar-refractivity contribution in [2.75, 3.05) is 7.11 Å². The van der Waals surface area contributed by atoms with Crippen molar-refractivity contribution >= 4 is 11.3 Å². The number of methoxy groups -OCH3 is 1. The molecule has 1 atom stereocenters. The lowest BCUT2D eigenvalue weighted by Crippen LogP contribution is -2.21. The summed E-state index contributed by atoms with van der Waals surface area (Å²) in [7, 11) is 1.75. The number of hydrogen-bond donors (Lipinski definition) is 1. The first kappa shape index (κ1) is 16.1. The van der Waals surface area contributed by atoms with Gasteiger partial charge in [0.15, 0.2) is 0 Å². The molecule has 1 aromatic heterocycles. The third kappa shape index (κ3) is 4.13. The molecule has 0 spiro atoms. The molecule has 0 aliphatic heterocycles. The van der Waals surface area contributed by atoms with Crippen molar-refractivity contribution in [2.24, 2.45) is 0 Å². The predicted molar refractivity (Wildman–Crippen MR) is 88.8 cm³/mol. The second kappa shape index (κ2) is 7.69. The van der Waals surface area contributed by atoms with E-state index in [1.807, 2.05) is 18.2 Å². The van der Waals surface area contributed by atoms with Crippen LogP contribution in [0.1, 0.15) is 48.0 Å². The van der Waals surface area contributed by atoms with Gasteiger partial charge in [0.25, 0.3) is 0 Å².